The van der Waals surface area contributed by atoms with Gasteiger partial charge in [0.15, 0.2) is 5.69 Å². The summed E-state index contributed by atoms with van der Waals surface area (Å²) in [6, 6.07) is 10.6. The molecule has 0 radical (unpaired) electrons. The Hall–Kier alpha value is -4.08. The molecule has 1 N–H and O–H groups in total. The van der Waals surface area contributed by atoms with Crippen molar-refractivity contribution in [2.75, 3.05) is 0 Å². The number of hydrogen-bond acceptors (Lipinski definition) is 7. The number of hydrogen-bond donors (Lipinski definition) is 1. The van der Waals surface area contributed by atoms with E-state index < -0.39 is 16.3 Å². The normalized spacial score (nSPS) is 10.7. The topological polar surface area (TPSA) is 129 Å². The van der Waals surface area contributed by atoms with Gasteiger partial charge in [-0.15, -0.1) is 0 Å². The molecule has 3 aromatic rings. The molecule has 2 heterocycles. The number of amides is 1. The lowest BCUT2D eigenvalue weighted by Crippen LogP contribution is -2.31. The van der Waals surface area contributed by atoms with Crippen LogP contribution in [-0.2, 0) is 6.54 Å². The third-order valence-corrected chi connectivity index (χ3v) is 4.24. The van der Waals surface area contributed by atoms with Gasteiger partial charge in [0.2, 0.25) is 11.3 Å². The predicted molar refractivity (Wildman–Crippen MR) is 112 cm³/mol. The van der Waals surface area contributed by atoms with Gasteiger partial charge in [-0.2, -0.15) is 5.10 Å². The Bertz CT molecular complexity index is 1170. The third-order valence-electron chi connectivity index (χ3n) is 4.24. The first-order valence-corrected chi connectivity index (χ1v) is 9.51. The lowest BCUT2D eigenvalue weighted by molar-refractivity contribution is -0.384. The highest BCUT2D eigenvalue weighted by atomic mass is 16.6. The summed E-state index contributed by atoms with van der Waals surface area (Å²) in [6.07, 6.45) is 1.56. The summed E-state index contributed by atoms with van der Waals surface area (Å²) in [5.74, 6) is -0.225. The zero-order chi connectivity index (χ0) is 22.5. The molecule has 2 aromatic heterocycles. The molecule has 1 amide bonds. The van der Waals surface area contributed by atoms with Gasteiger partial charge >= 0.3 is 0 Å². The van der Waals surface area contributed by atoms with Gasteiger partial charge < -0.3 is 10.1 Å². The van der Waals surface area contributed by atoms with E-state index >= 15 is 0 Å². The highest BCUT2D eigenvalue weighted by Gasteiger charge is 2.20. The van der Waals surface area contributed by atoms with Gasteiger partial charge in [0.25, 0.3) is 11.6 Å². The summed E-state index contributed by atoms with van der Waals surface area (Å²) in [6.45, 7) is 5.48. The first-order chi connectivity index (χ1) is 14.8. The van der Waals surface area contributed by atoms with Crippen molar-refractivity contribution in [1.82, 2.24) is 20.1 Å². The molecule has 160 valence electrons. The molecule has 1 aromatic carbocycles. The van der Waals surface area contributed by atoms with Crippen molar-refractivity contribution >= 4 is 11.6 Å². The number of rotatable bonds is 7. The second-order valence-corrected chi connectivity index (χ2v) is 7.01. The molecule has 0 fully saturated rings. The highest BCUT2D eigenvalue weighted by Crippen LogP contribution is 2.22. The van der Waals surface area contributed by atoms with Crippen LogP contribution in [0.4, 0.5) is 5.69 Å². The number of nitrogens with one attached hydrogen (secondary N) is 1. The van der Waals surface area contributed by atoms with Crippen molar-refractivity contribution in [1.29, 1.82) is 0 Å². The Morgan fingerprint density at radius 2 is 2.00 bits per heavy atom. The summed E-state index contributed by atoms with van der Waals surface area (Å²) in [7, 11) is 0. The molecule has 0 atom stereocenters. The number of nitrogens with zero attached hydrogens (tertiary/aromatic N) is 4. The van der Waals surface area contributed by atoms with Gasteiger partial charge in [0, 0.05) is 36.6 Å². The summed E-state index contributed by atoms with van der Waals surface area (Å²) < 4.78 is 6.69. The van der Waals surface area contributed by atoms with Crippen molar-refractivity contribution in [3.63, 3.8) is 0 Å². The SMILES string of the molecule is Cc1cc(=O)c(C(=O)NCc2ccc(OC(C)C)nc2)nn1-c1ccccc1[N+](=O)[O-]. The van der Waals surface area contributed by atoms with E-state index in [9.17, 15) is 19.7 Å². The maximum absolute atomic E-state index is 12.6. The van der Waals surface area contributed by atoms with Crippen LogP contribution in [0.2, 0.25) is 0 Å². The number of carbonyl (C=O) groups excluding carboxylic acids is 1. The monoisotopic (exact) mass is 423 g/mol. The zero-order valence-electron chi connectivity index (χ0n) is 17.2. The Morgan fingerprint density at radius 3 is 2.65 bits per heavy atom. The van der Waals surface area contributed by atoms with Crippen LogP contribution < -0.4 is 15.5 Å². The smallest absolute Gasteiger partial charge is 0.294 e. The van der Waals surface area contributed by atoms with E-state index in [1.165, 1.54) is 28.9 Å². The van der Waals surface area contributed by atoms with Crippen molar-refractivity contribution in [2.45, 2.75) is 33.4 Å². The number of carbonyl (C=O) groups is 1. The van der Waals surface area contributed by atoms with Crippen LogP contribution in [-0.4, -0.2) is 31.7 Å². The molecule has 0 saturated carbocycles. The van der Waals surface area contributed by atoms with Crippen molar-refractivity contribution < 1.29 is 14.5 Å². The number of nitro groups is 1. The average molecular weight is 423 g/mol. The molecular weight excluding hydrogens is 402 g/mol. The molecule has 31 heavy (non-hydrogen) atoms. The largest absolute Gasteiger partial charge is 0.475 e. The first-order valence-electron chi connectivity index (χ1n) is 9.51. The summed E-state index contributed by atoms with van der Waals surface area (Å²) in [4.78, 5) is 39.9. The van der Waals surface area contributed by atoms with Crippen molar-refractivity contribution in [3.05, 3.63) is 86.0 Å². The minimum Gasteiger partial charge on any atom is -0.475 e. The van der Waals surface area contributed by atoms with E-state index in [0.29, 0.717) is 17.1 Å². The summed E-state index contributed by atoms with van der Waals surface area (Å²) in [5, 5.41) is 18.1. The predicted octanol–water partition coefficient (Wildman–Crippen LogP) is 2.56. The molecule has 0 saturated heterocycles. The molecule has 0 bridgehead atoms. The molecule has 0 aliphatic heterocycles. The molecule has 0 aliphatic rings. The number of pyridine rings is 1. The Balaban J connectivity index is 1.83. The number of aromatic nitrogens is 3. The summed E-state index contributed by atoms with van der Waals surface area (Å²) >= 11 is 0. The van der Waals surface area contributed by atoms with Gasteiger partial charge in [-0.1, -0.05) is 18.2 Å². The van der Waals surface area contributed by atoms with Gasteiger partial charge in [-0.3, -0.25) is 19.7 Å². The summed E-state index contributed by atoms with van der Waals surface area (Å²) in [5.41, 5.74) is 0.0865. The molecule has 3 rings (SSSR count). The van der Waals surface area contributed by atoms with E-state index in [4.69, 9.17) is 4.74 Å². The lowest BCUT2D eigenvalue weighted by atomic mass is 10.2. The molecule has 0 spiro atoms. The lowest BCUT2D eigenvalue weighted by Gasteiger charge is -2.12. The molecule has 10 heteroatoms. The number of para-hydroxylation sites is 2. The third kappa shape index (κ3) is 5.10. The number of benzene rings is 1. The second kappa shape index (κ2) is 9.16. The Labute approximate surface area is 177 Å². The van der Waals surface area contributed by atoms with Gasteiger partial charge in [0.05, 0.1) is 11.0 Å². The van der Waals surface area contributed by atoms with Gasteiger partial charge in [-0.25, -0.2) is 9.67 Å². The molecular formula is C21H21N5O5. The van der Waals surface area contributed by atoms with Crippen LogP contribution in [0.15, 0.2) is 53.5 Å². The van der Waals surface area contributed by atoms with E-state index in [1.54, 1.807) is 31.3 Å². The quantitative estimate of drug-likeness (QED) is 0.457. The van der Waals surface area contributed by atoms with E-state index in [1.807, 2.05) is 13.8 Å². The van der Waals surface area contributed by atoms with Crippen LogP contribution in [0.1, 0.15) is 35.6 Å². The maximum Gasteiger partial charge on any atom is 0.294 e. The minimum atomic E-state index is -0.695. The number of ether oxygens (including phenoxy) is 1. The second-order valence-electron chi connectivity index (χ2n) is 7.01. The fourth-order valence-electron chi connectivity index (χ4n) is 2.84. The molecule has 0 aliphatic carbocycles. The van der Waals surface area contributed by atoms with Crippen LogP contribution in [0.3, 0.4) is 0 Å². The molecule has 0 unspecified atom stereocenters. The standard InChI is InChI=1S/C21H21N5O5/c1-13(2)31-19-9-8-15(11-22-19)12-23-21(28)20-18(27)10-14(3)25(24-20)16-6-4-5-7-17(16)26(29)30/h4-11,13H,12H2,1-3H3,(H,23,28). The van der Waals surface area contributed by atoms with Crippen molar-refractivity contribution in [2.24, 2.45) is 0 Å². The van der Waals surface area contributed by atoms with Crippen LogP contribution in [0.5, 0.6) is 5.88 Å². The zero-order valence-corrected chi connectivity index (χ0v) is 17.2. The average Bonchev–Trinajstić information content (AvgIpc) is 2.72. The van der Waals surface area contributed by atoms with Crippen LogP contribution in [0.25, 0.3) is 5.69 Å². The Kier molecular flexibility index (Phi) is 6.39. The maximum atomic E-state index is 12.6. The van der Waals surface area contributed by atoms with E-state index in [0.717, 1.165) is 0 Å². The highest BCUT2D eigenvalue weighted by molar-refractivity contribution is 5.92. The van der Waals surface area contributed by atoms with Gasteiger partial charge in [0.1, 0.15) is 5.69 Å². The fourth-order valence-corrected chi connectivity index (χ4v) is 2.84. The van der Waals surface area contributed by atoms with Gasteiger partial charge in [-0.05, 0) is 32.4 Å². The number of nitro benzene ring substituents is 1. The molecule has 10 nitrogen and oxygen atoms in total. The first kappa shape index (κ1) is 21.6. The van der Waals surface area contributed by atoms with E-state index in [2.05, 4.69) is 15.4 Å². The van der Waals surface area contributed by atoms with Crippen LogP contribution in [0, 0.1) is 17.0 Å². The van der Waals surface area contributed by atoms with Crippen LogP contribution >= 0.6 is 0 Å². The van der Waals surface area contributed by atoms with Crippen molar-refractivity contribution in [3.8, 4) is 11.6 Å². The fraction of sp³-hybridized carbons (Fsp3) is 0.238. The van der Waals surface area contributed by atoms with E-state index in [-0.39, 0.29) is 29.7 Å². The minimum absolute atomic E-state index is 0.00623. The number of aryl methyl sites for hydroxylation is 1. The Morgan fingerprint density at radius 1 is 1.26 bits per heavy atom.